The van der Waals surface area contributed by atoms with Gasteiger partial charge in [0.1, 0.15) is 23.3 Å². The zero-order chi connectivity index (χ0) is 17.1. The number of aromatic nitrogens is 1. The highest BCUT2D eigenvalue weighted by Gasteiger charge is 2.16. The Labute approximate surface area is 139 Å². The number of benzene rings is 2. The van der Waals surface area contributed by atoms with E-state index in [1.807, 2.05) is 31.2 Å². The van der Waals surface area contributed by atoms with Crippen molar-refractivity contribution in [3.8, 4) is 17.7 Å². The van der Waals surface area contributed by atoms with Gasteiger partial charge in [0, 0.05) is 6.07 Å². The van der Waals surface area contributed by atoms with Crippen LogP contribution in [0.15, 0.2) is 54.6 Å². The molecule has 24 heavy (non-hydrogen) atoms. The number of anilines is 1. The number of ether oxygens (including phenoxy) is 1. The summed E-state index contributed by atoms with van der Waals surface area (Å²) in [5.41, 5.74) is 8.75. The number of hydrogen-bond acceptors (Lipinski definition) is 3. The third-order valence-corrected chi connectivity index (χ3v) is 3.68. The lowest BCUT2D eigenvalue weighted by Gasteiger charge is -2.12. The summed E-state index contributed by atoms with van der Waals surface area (Å²) in [7, 11) is 0. The van der Waals surface area contributed by atoms with Crippen LogP contribution in [0.3, 0.4) is 0 Å². The molecule has 5 heteroatoms. The molecule has 1 aromatic heterocycles. The quantitative estimate of drug-likeness (QED) is 0.782. The van der Waals surface area contributed by atoms with Crippen LogP contribution in [-0.2, 0) is 6.54 Å². The van der Waals surface area contributed by atoms with Gasteiger partial charge in [-0.2, -0.15) is 5.26 Å². The normalized spacial score (nSPS) is 10.4. The smallest absolute Gasteiger partial charge is 0.224 e. The van der Waals surface area contributed by atoms with Crippen LogP contribution >= 0.6 is 0 Å². The lowest BCUT2D eigenvalue weighted by molar-refractivity contribution is 0.437. The van der Waals surface area contributed by atoms with Crippen molar-refractivity contribution in [2.45, 2.75) is 13.5 Å². The van der Waals surface area contributed by atoms with E-state index in [-0.39, 0.29) is 5.82 Å². The predicted octanol–water partition coefficient (Wildman–Crippen LogP) is 4.23. The van der Waals surface area contributed by atoms with Gasteiger partial charge in [0.15, 0.2) is 0 Å². The molecule has 0 aliphatic carbocycles. The van der Waals surface area contributed by atoms with E-state index >= 15 is 0 Å². The molecule has 2 aromatic carbocycles. The highest BCUT2D eigenvalue weighted by molar-refractivity contribution is 5.56. The summed E-state index contributed by atoms with van der Waals surface area (Å²) in [5, 5.41) is 9.34. The molecule has 2 N–H and O–H groups in total. The van der Waals surface area contributed by atoms with Gasteiger partial charge >= 0.3 is 0 Å². The first-order valence-electron chi connectivity index (χ1n) is 7.45. The lowest BCUT2D eigenvalue weighted by atomic mass is 10.2. The predicted molar refractivity (Wildman–Crippen MR) is 90.3 cm³/mol. The SMILES string of the molecule is Cc1ccc(Oc2c(N)cc(C#N)n2Cc2ccc(F)cc2)cc1. The summed E-state index contributed by atoms with van der Waals surface area (Å²) in [4.78, 5) is 0. The van der Waals surface area contributed by atoms with Gasteiger partial charge in [0.2, 0.25) is 5.88 Å². The molecule has 0 unspecified atom stereocenters. The fourth-order valence-corrected chi connectivity index (χ4v) is 2.41. The lowest BCUT2D eigenvalue weighted by Crippen LogP contribution is -2.05. The number of nitrogens with zero attached hydrogens (tertiary/aromatic N) is 2. The van der Waals surface area contributed by atoms with E-state index in [1.165, 1.54) is 12.1 Å². The van der Waals surface area contributed by atoms with Gasteiger partial charge in [0.25, 0.3) is 0 Å². The fraction of sp³-hybridized carbons (Fsp3) is 0.105. The number of halogens is 1. The minimum atomic E-state index is -0.303. The summed E-state index contributed by atoms with van der Waals surface area (Å²) in [6, 6.07) is 17.3. The third-order valence-electron chi connectivity index (χ3n) is 3.68. The Morgan fingerprint density at radius 3 is 2.42 bits per heavy atom. The minimum absolute atomic E-state index is 0.303. The van der Waals surface area contributed by atoms with Crippen molar-refractivity contribution in [3.63, 3.8) is 0 Å². The van der Waals surface area contributed by atoms with Crippen LogP contribution in [0.25, 0.3) is 0 Å². The van der Waals surface area contributed by atoms with E-state index < -0.39 is 0 Å². The number of rotatable bonds is 4. The van der Waals surface area contributed by atoms with E-state index in [4.69, 9.17) is 10.5 Å². The molecule has 120 valence electrons. The van der Waals surface area contributed by atoms with E-state index in [2.05, 4.69) is 6.07 Å². The molecular weight excluding hydrogens is 305 g/mol. The molecule has 0 spiro atoms. The van der Waals surface area contributed by atoms with Crippen molar-refractivity contribution in [2.24, 2.45) is 0 Å². The van der Waals surface area contributed by atoms with Crippen molar-refractivity contribution in [2.75, 3.05) is 5.73 Å². The third kappa shape index (κ3) is 3.23. The van der Waals surface area contributed by atoms with Crippen molar-refractivity contribution < 1.29 is 9.13 Å². The first-order valence-corrected chi connectivity index (χ1v) is 7.45. The Balaban J connectivity index is 1.96. The zero-order valence-electron chi connectivity index (χ0n) is 13.2. The van der Waals surface area contributed by atoms with Gasteiger partial charge in [-0.25, -0.2) is 4.39 Å². The maximum absolute atomic E-state index is 13.1. The van der Waals surface area contributed by atoms with Crippen LogP contribution in [0.2, 0.25) is 0 Å². The average Bonchev–Trinajstić information content (AvgIpc) is 2.87. The van der Waals surface area contributed by atoms with Gasteiger partial charge in [-0.15, -0.1) is 0 Å². The van der Waals surface area contributed by atoms with Crippen molar-refractivity contribution >= 4 is 5.69 Å². The molecule has 0 bridgehead atoms. The largest absolute Gasteiger partial charge is 0.439 e. The first kappa shape index (κ1) is 15.6. The summed E-state index contributed by atoms with van der Waals surface area (Å²) in [5.74, 6) is 0.734. The fourth-order valence-electron chi connectivity index (χ4n) is 2.41. The van der Waals surface area contributed by atoms with Crippen LogP contribution in [0.1, 0.15) is 16.8 Å². The Bertz CT molecular complexity index is 890. The van der Waals surface area contributed by atoms with Gasteiger partial charge in [-0.3, -0.25) is 4.57 Å². The van der Waals surface area contributed by atoms with Gasteiger partial charge < -0.3 is 10.5 Å². The molecule has 3 aromatic rings. The summed E-state index contributed by atoms with van der Waals surface area (Å²) < 4.78 is 20.6. The summed E-state index contributed by atoms with van der Waals surface area (Å²) >= 11 is 0. The van der Waals surface area contributed by atoms with Crippen LogP contribution in [-0.4, -0.2) is 4.57 Å². The highest BCUT2D eigenvalue weighted by atomic mass is 19.1. The molecule has 0 atom stereocenters. The second-order valence-electron chi connectivity index (χ2n) is 5.53. The Morgan fingerprint density at radius 2 is 1.79 bits per heavy atom. The topological polar surface area (TPSA) is 64.0 Å². The average molecular weight is 321 g/mol. The molecule has 3 rings (SSSR count). The van der Waals surface area contributed by atoms with Gasteiger partial charge in [-0.05, 0) is 36.8 Å². The Morgan fingerprint density at radius 1 is 1.12 bits per heavy atom. The summed E-state index contributed by atoms with van der Waals surface area (Å²) in [6.07, 6.45) is 0. The van der Waals surface area contributed by atoms with Crippen LogP contribution in [0.4, 0.5) is 10.1 Å². The molecular formula is C19H16FN3O. The van der Waals surface area contributed by atoms with Crippen molar-refractivity contribution in [1.29, 1.82) is 5.26 Å². The molecule has 0 radical (unpaired) electrons. The minimum Gasteiger partial charge on any atom is -0.439 e. The first-order chi connectivity index (χ1) is 11.6. The second-order valence-corrected chi connectivity index (χ2v) is 5.53. The molecule has 0 aliphatic heterocycles. The van der Waals surface area contributed by atoms with E-state index in [0.29, 0.717) is 29.6 Å². The standard InChI is InChI=1S/C19H16FN3O/c1-13-2-8-17(9-3-13)24-19-18(22)10-16(11-21)23(19)12-14-4-6-15(20)7-5-14/h2-10H,12,22H2,1H3. The van der Waals surface area contributed by atoms with Gasteiger partial charge in [0.05, 0.1) is 12.2 Å². The molecule has 0 aliphatic rings. The Hall–Kier alpha value is -3.26. The number of nitrogen functional groups attached to an aromatic ring is 1. The number of aryl methyl sites for hydroxylation is 1. The maximum Gasteiger partial charge on any atom is 0.224 e. The molecule has 0 saturated carbocycles. The number of nitrogens with two attached hydrogens (primary N) is 1. The molecule has 4 nitrogen and oxygen atoms in total. The van der Waals surface area contributed by atoms with E-state index in [0.717, 1.165) is 11.1 Å². The second kappa shape index (κ2) is 6.47. The summed E-state index contributed by atoms with van der Waals surface area (Å²) in [6.45, 7) is 2.35. The number of nitriles is 1. The zero-order valence-corrected chi connectivity index (χ0v) is 13.2. The molecule has 0 fully saturated rings. The molecule has 0 amide bonds. The Kier molecular flexibility index (Phi) is 4.21. The highest BCUT2D eigenvalue weighted by Crippen LogP contribution is 2.32. The maximum atomic E-state index is 13.1. The van der Waals surface area contributed by atoms with Crippen molar-refractivity contribution in [1.82, 2.24) is 4.57 Å². The molecule has 0 saturated heterocycles. The monoisotopic (exact) mass is 321 g/mol. The van der Waals surface area contributed by atoms with E-state index in [9.17, 15) is 9.65 Å². The van der Waals surface area contributed by atoms with E-state index in [1.54, 1.807) is 22.8 Å². The van der Waals surface area contributed by atoms with Crippen molar-refractivity contribution in [3.05, 3.63) is 77.2 Å². The van der Waals surface area contributed by atoms with Gasteiger partial charge in [-0.1, -0.05) is 29.8 Å². The van der Waals surface area contributed by atoms with Crippen LogP contribution in [0.5, 0.6) is 11.6 Å². The van der Waals surface area contributed by atoms with Crippen LogP contribution < -0.4 is 10.5 Å². The molecule has 1 heterocycles. The van der Waals surface area contributed by atoms with Crippen LogP contribution in [0, 0.1) is 24.1 Å². The number of hydrogen-bond donors (Lipinski definition) is 1.